The quantitative estimate of drug-likeness (QED) is 0.885. The van der Waals surface area contributed by atoms with Crippen LogP contribution < -0.4 is 5.32 Å². The summed E-state index contributed by atoms with van der Waals surface area (Å²) in [6, 6.07) is 4.78. The molecular formula is C19H29N3O2. The molecule has 2 fully saturated rings. The molecule has 1 atom stereocenters. The number of nitrogens with zero attached hydrogens (tertiary/aromatic N) is 2. The number of ether oxygens (including phenoxy) is 1. The van der Waals surface area contributed by atoms with Gasteiger partial charge in [-0.15, -0.1) is 0 Å². The molecule has 5 heteroatoms. The summed E-state index contributed by atoms with van der Waals surface area (Å²) in [7, 11) is 0. The number of carbonyl (C=O) groups excluding carboxylic acids is 1. The maximum Gasteiger partial charge on any atom is 0.410 e. The summed E-state index contributed by atoms with van der Waals surface area (Å²) >= 11 is 0. The van der Waals surface area contributed by atoms with Gasteiger partial charge in [-0.05, 0) is 58.1 Å². The first-order valence-corrected chi connectivity index (χ1v) is 9.14. The molecule has 0 bridgehead atoms. The van der Waals surface area contributed by atoms with Gasteiger partial charge in [0, 0.05) is 18.8 Å². The van der Waals surface area contributed by atoms with Crippen molar-refractivity contribution in [1.29, 1.82) is 0 Å². The van der Waals surface area contributed by atoms with Crippen LogP contribution in [0.2, 0.25) is 0 Å². The second-order valence-electron chi connectivity index (χ2n) is 7.93. The van der Waals surface area contributed by atoms with Crippen molar-refractivity contribution < 1.29 is 9.53 Å². The molecule has 1 aliphatic carbocycles. The van der Waals surface area contributed by atoms with Crippen LogP contribution in [0, 0.1) is 0 Å². The van der Waals surface area contributed by atoms with Crippen LogP contribution in [0.1, 0.15) is 70.9 Å². The minimum atomic E-state index is -0.461. The Kier molecular flexibility index (Phi) is 4.97. The molecule has 1 N–H and O–H groups in total. The van der Waals surface area contributed by atoms with Gasteiger partial charge in [0.15, 0.2) is 0 Å². The fourth-order valence-electron chi connectivity index (χ4n) is 3.62. The number of likely N-dealkylation sites (tertiary alicyclic amines) is 1. The van der Waals surface area contributed by atoms with E-state index in [1.54, 1.807) is 0 Å². The number of nitrogens with one attached hydrogen (secondary N) is 1. The Morgan fingerprint density at radius 2 is 1.96 bits per heavy atom. The molecule has 2 aliphatic rings. The van der Waals surface area contributed by atoms with Gasteiger partial charge in [0.05, 0.1) is 6.04 Å². The van der Waals surface area contributed by atoms with E-state index in [4.69, 9.17) is 4.74 Å². The van der Waals surface area contributed by atoms with Crippen molar-refractivity contribution in [3.63, 3.8) is 0 Å². The largest absolute Gasteiger partial charge is 0.444 e. The van der Waals surface area contributed by atoms with Crippen LogP contribution in [0.3, 0.4) is 0 Å². The number of amides is 1. The van der Waals surface area contributed by atoms with Crippen LogP contribution in [-0.4, -0.2) is 34.2 Å². The van der Waals surface area contributed by atoms with Crippen LogP contribution in [0.15, 0.2) is 18.3 Å². The molecule has 1 saturated heterocycles. The third-order valence-corrected chi connectivity index (χ3v) is 4.76. The molecule has 0 radical (unpaired) electrons. The van der Waals surface area contributed by atoms with Gasteiger partial charge in [-0.1, -0.05) is 18.9 Å². The second-order valence-corrected chi connectivity index (χ2v) is 7.93. The summed E-state index contributed by atoms with van der Waals surface area (Å²) in [5.74, 6) is 0.937. The number of hydrogen-bond donors (Lipinski definition) is 1. The molecule has 5 nitrogen and oxygen atoms in total. The second kappa shape index (κ2) is 6.99. The van der Waals surface area contributed by atoms with E-state index in [0.717, 1.165) is 30.8 Å². The van der Waals surface area contributed by atoms with E-state index in [2.05, 4.69) is 16.4 Å². The monoisotopic (exact) mass is 331 g/mol. The summed E-state index contributed by atoms with van der Waals surface area (Å²) in [5.41, 5.74) is 0.632. The Morgan fingerprint density at radius 1 is 1.21 bits per heavy atom. The van der Waals surface area contributed by atoms with Crippen molar-refractivity contribution in [1.82, 2.24) is 9.88 Å². The lowest BCUT2D eigenvalue weighted by Crippen LogP contribution is -2.36. The average Bonchev–Trinajstić information content (AvgIpc) is 3.17. The lowest BCUT2D eigenvalue weighted by molar-refractivity contribution is 0.0224. The van der Waals surface area contributed by atoms with Gasteiger partial charge < -0.3 is 15.0 Å². The van der Waals surface area contributed by atoms with Gasteiger partial charge >= 0.3 is 6.09 Å². The number of pyridine rings is 1. The Bertz CT molecular complexity index is 559. The van der Waals surface area contributed by atoms with Crippen LogP contribution in [-0.2, 0) is 4.74 Å². The topological polar surface area (TPSA) is 54.5 Å². The van der Waals surface area contributed by atoms with Gasteiger partial charge in [0.25, 0.3) is 0 Å². The summed E-state index contributed by atoms with van der Waals surface area (Å²) in [6.07, 6.45) is 8.74. The van der Waals surface area contributed by atoms with E-state index in [9.17, 15) is 4.79 Å². The first-order chi connectivity index (χ1) is 11.4. The van der Waals surface area contributed by atoms with Crippen molar-refractivity contribution in [2.45, 2.75) is 77.0 Å². The molecule has 24 heavy (non-hydrogen) atoms. The van der Waals surface area contributed by atoms with Gasteiger partial charge in [-0.2, -0.15) is 0 Å². The van der Waals surface area contributed by atoms with Crippen molar-refractivity contribution >= 4 is 11.9 Å². The van der Waals surface area contributed by atoms with E-state index in [1.807, 2.05) is 37.9 Å². The summed E-state index contributed by atoms with van der Waals surface area (Å²) in [4.78, 5) is 18.8. The Labute approximate surface area is 144 Å². The fraction of sp³-hybridized carbons (Fsp3) is 0.684. The van der Waals surface area contributed by atoms with Gasteiger partial charge in [0.1, 0.15) is 11.4 Å². The highest BCUT2D eigenvalue weighted by atomic mass is 16.6. The molecule has 132 valence electrons. The standard InChI is InChI=1S/C19H29N3O2/c1-19(2,3)24-18(23)22-12-6-9-16(22)14-10-11-17(20-13-14)21-15-7-4-5-8-15/h10-11,13,15-16H,4-9,12H2,1-3H3,(H,20,21). The molecule has 1 saturated carbocycles. The maximum atomic E-state index is 12.4. The minimum absolute atomic E-state index is 0.0767. The fourth-order valence-corrected chi connectivity index (χ4v) is 3.62. The Morgan fingerprint density at radius 3 is 2.58 bits per heavy atom. The predicted molar refractivity (Wildman–Crippen MR) is 95.0 cm³/mol. The molecule has 0 spiro atoms. The summed E-state index contributed by atoms with van der Waals surface area (Å²) in [5, 5.41) is 3.51. The Balaban J connectivity index is 1.65. The molecule has 1 aromatic rings. The van der Waals surface area contributed by atoms with Crippen molar-refractivity contribution in [3.05, 3.63) is 23.9 Å². The molecule has 1 amide bonds. The highest BCUT2D eigenvalue weighted by Gasteiger charge is 2.33. The van der Waals surface area contributed by atoms with Gasteiger partial charge in [0.2, 0.25) is 0 Å². The van der Waals surface area contributed by atoms with E-state index >= 15 is 0 Å². The maximum absolute atomic E-state index is 12.4. The summed E-state index contributed by atoms with van der Waals surface area (Å²) < 4.78 is 5.54. The molecule has 1 aliphatic heterocycles. The van der Waals surface area contributed by atoms with Crippen molar-refractivity contribution in [2.24, 2.45) is 0 Å². The van der Waals surface area contributed by atoms with Crippen molar-refractivity contribution in [3.8, 4) is 0 Å². The highest BCUT2D eigenvalue weighted by Crippen LogP contribution is 2.33. The van der Waals surface area contributed by atoms with Crippen LogP contribution in [0.25, 0.3) is 0 Å². The third kappa shape index (κ3) is 4.19. The van der Waals surface area contributed by atoms with E-state index < -0.39 is 5.60 Å². The zero-order valence-corrected chi connectivity index (χ0v) is 15.0. The first-order valence-electron chi connectivity index (χ1n) is 9.14. The van der Waals surface area contributed by atoms with E-state index in [1.165, 1.54) is 25.7 Å². The lowest BCUT2D eigenvalue weighted by Gasteiger charge is -2.28. The number of rotatable bonds is 3. The molecular weight excluding hydrogens is 302 g/mol. The van der Waals surface area contributed by atoms with Crippen LogP contribution in [0.4, 0.5) is 10.6 Å². The van der Waals surface area contributed by atoms with Crippen molar-refractivity contribution in [2.75, 3.05) is 11.9 Å². The minimum Gasteiger partial charge on any atom is -0.444 e. The van der Waals surface area contributed by atoms with E-state index in [0.29, 0.717) is 6.04 Å². The molecule has 3 rings (SSSR count). The van der Waals surface area contributed by atoms with Gasteiger partial charge in [-0.25, -0.2) is 9.78 Å². The molecule has 1 unspecified atom stereocenters. The predicted octanol–water partition coefficient (Wildman–Crippen LogP) is 4.51. The number of hydrogen-bond acceptors (Lipinski definition) is 4. The smallest absolute Gasteiger partial charge is 0.410 e. The van der Waals surface area contributed by atoms with Crippen LogP contribution >= 0.6 is 0 Å². The Hall–Kier alpha value is -1.78. The number of carbonyl (C=O) groups is 1. The normalized spacial score (nSPS) is 22.0. The highest BCUT2D eigenvalue weighted by molar-refractivity contribution is 5.69. The van der Waals surface area contributed by atoms with Crippen LogP contribution in [0.5, 0.6) is 0 Å². The zero-order valence-electron chi connectivity index (χ0n) is 15.0. The zero-order chi connectivity index (χ0) is 17.2. The number of anilines is 1. The SMILES string of the molecule is CC(C)(C)OC(=O)N1CCCC1c1ccc(NC2CCCC2)nc1. The third-order valence-electron chi connectivity index (χ3n) is 4.76. The number of aromatic nitrogens is 1. The lowest BCUT2D eigenvalue weighted by atomic mass is 10.1. The molecule has 0 aromatic carbocycles. The first kappa shape index (κ1) is 17.1. The van der Waals surface area contributed by atoms with E-state index in [-0.39, 0.29) is 12.1 Å². The molecule has 2 heterocycles. The average molecular weight is 331 g/mol. The summed E-state index contributed by atoms with van der Waals surface area (Å²) in [6.45, 7) is 6.46. The van der Waals surface area contributed by atoms with Gasteiger partial charge in [-0.3, -0.25) is 0 Å². The molecule has 1 aromatic heterocycles.